The van der Waals surface area contributed by atoms with Crippen molar-refractivity contribution in [3.63, 3.8) is 0 Å². The summed E-state index contributed by atoms with van der Waals surface area (Å²) in [7, 11) is 0. The van der Waals surface area contributed by atoms with Crippen LogP contribution in [-0.4, -0.2) is 33.7 Å². The standard InChI is InChI=1S/C16H26N2O2/c1-3-18(13-9-7-12(17)8-10-13)11(2)16-14(19)5-4-6-15(16)20/h4-6,11-13,19-20H,3,7-10,17H2,1-2H3. The molecular weight excluding hydrogens is 252 g/mol. The summed E-state index contributed by atoms with van der Waals surface area (Å²) in [6.45, 7) is 5.07. The van der Waals surface area contributed by atoms with Crippen LogP contribution in [0.15, 0.2) is 18.2 Å². The van der Waals surface area contributed by atoms with Gasteiger partial charge in [-0.15, -0.1) is 0 Å². The number of phenolic OH excluding ortho intramolecular Hbond substituents is 2. The summed E-state index contributed by atoms with van der Waals surface area (Å²) in [6, 6.07) is 5.75. The minimum atomic E-state index is 0.000486. The molecule has 2 rings (SSSR count). The van der Waals surface area contributed by atoms with E-state index in [1.165, 1.54) is 0 Å². The lowest BCUT2D eigenvalue weighted by molar-refractivity contribution is 0.111. The third-order valence-corrected chi connectivity index (χ3v) is 4.55. The fraction of sp³-hybridized carbons (Fsp3) is 0.625. The maximum atomic E-state index is 10.0. The van der Waals surface area contributed by atoms with Crippen molar-refractivity contribution < 1.29 is 10.2 Å². The van der Waals surface area contributed by atoms with Gasteiger partial charge in [-0.1, -0.05) is 13.0 Å². The number of nitrogens with two attached hydrogens (primary N) is 1. The highest BCUT2D eigenvalue weighted by Gasteiger charge is 2.29. The Morgan fingerprint density at radius 3 is 2.25 bits per heavy atom. The molecule has 4 heteroatoms. The van der Waals surface area contributed by atoms with Gasteiger partial charge >= 0.3 is 0 Å². The second-order valence-electron chi connectivity index (χ2n) is 5.78. The van der Waals surface area contributed by atoms with Crippen LogP contribution >= 0.6 is 0 Å². The molecule has 1 unspecified atom stereocenters. The molecule has 1 saturated carbocycles. The van der Waals surface area contributed by atoms with Gasteiger partial charge in [0.25, 0.3) is 0 Å². The molecule has 1 fully saturated rings. The summed E-state index contributed by atoms with van der Waals surface area (Å²) >= 11 is 0. The van der Waals surface area contributed by atoms with Crippen LogP contribution in [0.5, 0.6) is 11.5 Å². The Morgan fingerprint density at radius 1 is 1.20 bits per heavy atom. The first-order valence-corrected chi connectivity index (χ1v) is 7.56. The van der Waals surface area contributed by atoms with E-state index in [0.717, 1.165) is 32.2 Å². The Hall–Kier alpha value is -1.26. The fourth-order valence-corrected chi connectivity index (χ4v) is 3.42. The van der Waals surface area contributed by atoms with Crippen LogP contribution in [0.2, 0.25) is 0 Å². The average molecular weight is 278 g/mol. The van der Waals surface area contributed by atoms with Gasteiger partial charge in [0.15, 0.2) is 0 Å². The van der Waals surface area contributed by atoms with Crippen molar-refractivity contribution in [2.24, 2.45) is 5.73 Å². The van der Waals surface area contributed by atoms with Crippen molar-refractivity contribution in [2.75, 3.05) is 6.54 Å². The van der Waals surface area contributed by atoms with Crippen LogP contribution in [0.25, 0.3) is 0 Å². The summed E-state index contributed by atoms with van der Waals surface area (Å²) in [5.74, 6) is 0.340. The number of hydrogen-bond donors (Lipinski definition) is 3. The monoisotopic (exact) mass is 278 g/mol. The Kier molecular flexibility index (Phi) is 4.89. The minimum absolute atomic E-state index is 0.000486. The second-order valence-corrected chi connectivity index (χ2v) is 5.78. The van der Waals surface area contributed by atoms with E-state index in [2.05, 4.69) is 11.8 Å². The molecule has 0 spiro atoms. The van der Waals surface area contributed by atoms with Gasteiger partial charge in [-0.3, -0.25) is 4.90 Å². The fourth-order valence-electron chi connectivity index (χ4n) is 3.42. The van der Waals surface area contributed by atoms with Crippen LogP contribution in [0.1, 0.15) is 51.1 Å². The van der Waals surface area contributed by atoms with Crippen LogP contribution in [0.3, 0.4) is 0 Å². The Morgan fingerprint density at radius 2 is 1.75 bits per heavy atom. The zero-order chi connectivity index (χ0) is 14.7. The maximum Gasteiger partial charge on any atom is 0.124 e. The normalized spacial score (nSPS) is 24.8. The molecule has 0 amide bonds. The molecule has 112 valence electrons. The lowest BCUT2D eigenvalue weighted by Crippen LogP contribution is -2.42. The number of hydrogen-bond acceptors (Lipinski definition) is 4. The topological polar surface area (TPSA) is 69.7 Å². The van der Waals surface area contributed by atoms with Gasteiger partial charge in [-0.05, 0) is 51.3 Å². The third kappa shape index (κ3) is 3.07. The molecule has 0 heterocycles. The number of benzene rings is 1. The predicted molar refractivity (Wildman–Crippen MR) is 80.8 cm³/mol. The Balaban J connectivity index is 2.18. The van der Waals surface area contributed by atoms with E-state index >= 15 is 0 Å². The van der Waals surface area contributed by atoms with Crippen molar-refractivity contribution in [3.05, 3.63) is 23.8 Å². The van der Waals surface area contributed by atoms with Crippen molar-refractivity contribution in [3.8, 4) is 11.5 Å². The van der Waals surface area contributed by atoms with E-state index in [1.807, 2.05) is 6.92 Å². The highest BCUT2D eigenvalue weighted by atomic mass is 16.3. The SMILES string of the molecule is CCN(C1CCC(N)CC1)C(C)c1c(O)cccc1O. The van der Waals surface area contributed by atoms with Gasteiger partial charge in [-0.2, -0.15) is 0 Å². The summed E-state index contributed by atoms with van der Waals surface area (Å²) in [6.07, 6.45) is 4.29. The summed E-state index contributed by atoms with van der Waals surface area (Å²) in [4.78, 5) is 2.36. The highest BCUT2D eigenvalue weighted by Crippen LogP contribution is 2.38. The molecular formula is C16H26N2O2. The van der Waals surface area contributed by atoms with E-state index in [1.54, 1.807) is 18.2 Å². The zero-order valence-electron chi connectivity index (χ0n) is 12.4. The van der Waals surface area contributed by atoms with E-state index in [9.17, 15) is 10.2 Å². The Labute approximate surface area is 121 Å². The van der Waals surface area contributed by atoms with Gasteiger partial charge < -0.3 is 15.9 Å². The highest BCUT2D eigenvalue weighted by molar-refractivity contribution is 5.45. The molecule has 0 saturated heterocycles. The molecule has 4 nitrogen and oxygen atoms in total. The molecule has 20 heavy (non-hydrogen) atoms. The van der Waals surface area contributed by atoms with Crippen molar-refractivity contribution in [2.45, 2.75) is 57.7 Å². The smallest absolute Gasteiger partial charge is 0.124 e. The van der Waals surface area contributed by atoms with Gasteiger partial charge in [0.2, 0.25) is 0 Å². The van der Waals surface area contributed by atoms with Gasteiger partial charge in [0.05, 0.1) is 5.56 Å². The summed E-state index contributed by atoms with van der Waals surface area (Å²) < 4.78 is 0. The molecule has 1 atom stereocenters. The van der Waals surface area contributed by atoms with E-state index < -0.39 is 0 Å². The van der Waals surface area contributed by atoms with E-state index in [-0.39, 0.29) is 17.5 Å². The predicted octanol–water partition coefficient (Wildman–Crippen LogP) is 2.75. The first-order valence-electron chi connectivity index (χ1n) is 7.56. The molecule has 0 aliphatic heterocycles. The number of nitrogens with zero attached hydrogens (tertiary/aromatic N) is 1. The molecule has 0 bridgehead atoms. The number of rotatable bonds is 4. The van der Waals surface area contributed by atoms with Crippen LogP contribution in [0.4, 0.5) is 0 Å². The lowest BCUT2D eigenvalue weighted by Gasteiger charge is -2.39. The van der Waals surface area contributed by atoms with E-state index in [0.29, 0.717) is 17.6 Å². The summed E-state index contributed by atoms with van der Waals surface area (Å²) in [5, 5.41) is 20.1. The maximum absolute atomic E-state index is 10.0. The first-order chi connectivity index (χ1) is 9.54. The molecule has 0 radical (unpaired) electrons. The Bertz CT molecular complexity index is 422. The van der Waals surface area contributed by atoms with Crippen molar-refractivity contribution >= 4 is 0 Å². The van der Waals surface area contributed by atoms with Crippen LogP contribution in [-0.2, 0) is 0 Å². The first kappa shape index (κ1) is 15.1. The molecule has 1 aromatic rings. The quantitative estimate of drug-likeness (QED) is 0.792. The minimum Gasteiger partial charge on any atom is -0.507 e. The molecule has 0 aromatic heterocycles. The number of aromatic hydroxyl groups is 2. The van der Waals surface area contributed by atoms with Crippen molar-refractivity contribution in [1.29, 1.82) is 0 Å². The molecule has 1 aromatic carbocycles. The van der Waals surface area contributed by atoms with Gasteiger partial charge in [0.1, 0.15) is 11.5 Å². The molecule has 1 aliphatic rings. The van der Waals surface area contributed by atoms with Crippen LogP contribution in [0, 0.1) is 0 Å². The zero-order valence-corrected chi connectivity index (χ0v) is 12.4. The third-order valence-electron chi connectivity index (χ3n) is 4.55. The average Bonchev–Trinajstić information content (AvgIpc) is 2.41. The lowest BCUT2D eigenvalue weighted by atomic mass is 9.89. The molecule has 4 N–H and O–H groups in total. The van der Waals surface area contributed by atoms with Gasteiger partial charge in [0, 0.05) is 18.1 Å². The number of phenols is 2. The largest absolute Gasteiger partial charge is 0.507 e. The van der Waals surface area contributed by atoms with Crippen LogP contribution < -0.4 is 5.73 Å². The second kappa shape index (κ2) is 6.46. The van der Waals surface area contributed by atoms with Gasteiger partial charge in [-0.25, -0.2) is 0 Å². The molecule has 1 aliphatic carbocycles. The van der Waals surface area contributed by atoms with E-state index in [4.69, 9.17) is 5.73 Å². The van der Waals surface area contributed by atoms with Crippen molar-refractivity contribution in [1.82, 2.24) is 4.90 Å². The summed E-state index contributed by atoms with van der Waals surface area (Å²) in [5.41, 5.74) is 6.60.